The quantitative estimate of drug-likeness (QED) is 0.859. The maximum atomic E-state index is 12.0. The average molecular weight is 252 g/mol. The lowest BCUT2D eigenvalue weighted by Gasteiger charge is -2.13. The minimum absolute atomic E-state index is 0.0969. The summed E-state index contributed by atoms with van der Waals surface area (Å²) in [6.45, 7) is -3.05. The summed E-state index contributed by atoms with van der Waals surface area (Å²) in [5.74, 6) is -1.66. The van der Waals surface area contributed by atoms with Crippen molar-refractivity contribution in [2.45, 2.75) is 12.7 Å². The van der Waals surface area contributed by atoms with Crippen LogP contribution in [-0.2, 0) is 4.79 Å². The van der Waals surface area contributed by atoms with Gasteiger partial charge in [-0.05, 0) is 18.2 Å². The van der Waals surface area contributed by atoms with E-state index in [1.807, 2.05) is 0 Å². The molecule has 0 fully saturated rings. The lowest BCUT2D eigenvalue weighted by atomic mass is 10.1. The summed E-state index contributed by atoms with van der Waals surface area (Å²) in [6.07, 6.45) is 0. The lowest BCUT2D eigenvalue weighted by molar-refractivity contribution is -0.138. The summed E-state index contributed by atoms with van der Waals surface area (Å²) in [7, 11) is 0. The van der Waals surface area contributed by atoms with Crippen molar-refractivity contribution >= 4 is 17.6 Å². The Morgan fingerprint density at radius 3 is 2.62 bits per heavy atom. The van der Waals surface area contributed by atoms with Crippen LogP contribution in [0.3, 0.4) is 0 Å². The predicted octanol–water partition coefficient (Wildman–Crippen LogP) is 2.03. The van der Waals surface area contributed by atoms with Gasteiger partial charge in [0.1, 0.15) is 11.8 Å². The van der Waals surface area contributed by atoms with Gasteiger partial charge in [0, 0.05) is 10.6 Å². The van der Waals surface area contributed by atoms with E-state index in [0.29, 0.717) is 0 Å². The fraction of sp³-hybridized carbons (Fsp3) is 0.222. The Morgan fingerprint density at radius 1 is 1.50 bits per heavy atom. The zero-order valence-corrected chi connectivity index (χ0v) is 8.62. The van der Waals surface area contributed by atoms with E-state index in [9.17, 15) is 13.6 Å². The molecule has 0 aromatic heterocycles. The van der Waals surface area contributed by atoms with E-state index in [4.69, 9.17) is 22.4 Å². The van der Waals surface area contributed by atoms with Gasteiger partial charge in [-0.25, -0.2) is 0 Å². The van der Waals surface area contributed by atoms with Crippen LogP contribution in [0.4, 0.5) is 8.78 Å². The molecular weight excluding hydrogens is 244 g/mol. The number of halogens is 3. The first-order chi connectivity index (χ1) is 7.41. The third-order valence-electron chi connectivity index (χ3n) is 1.79. The second kappa shape index (κ2) is 5.09. The van der Waals surface area contributed by atoms with E-state index in [1.54, 1.807) is 0 Å². The van der Waals surface area contributed by atoms with Crippen LogP contribution < -0.4 is 10.5 Å². The van der Waals surface area contributed by atoms with Crippen molar-refractivity contribution < 1.29 is 23.4 Å². The number of carboxylic acid groups (broad SMARTS) is 1. The molecule has 0 amide bonds. The molecule has 0 bridgehead atoms. The van der Waals surface area contributed by atoms with Gasteiger partial charge in [-0.2, -0.15) is 8.78 Å². The molecule has 4 nitrogen and oxygen atoms in total. The average Bonchev–Trinajstić information content (AvgIpc) is 2.18. The molecule has 1 atom stereocenters. The van der Waals surface area contributed by atoms with Gasteiger partial charge in [0.05, 0.1) is 0 Å². The van der Waals surface area contributed by atoms with Crippen molar-refractivity contribution in [2.75, 3.05) is 0 Å². The molecule has 0 aliphatic heterocycles. The number of benzene rings is 1. The molecule has 0 aliphatic carbocycles. The SMILES string of the molecule is NC(C(=O)O)c1cc(Cl)ccc1OC(F)F. The van der Waals surface area contributed by atoms with Crippen molar-refractivity contribution in [1.29, 1.82) is 0 Å². The minimum atomic E-state index is -3.05. The highest BCUT2D eigenvalue weighted by molar-refractivity contribution is 6.30. The van der Waals surface area contributed by atoms with Crippen molar-refractivity contribution in [3.63, 3.8) is 0 Å². The molecule has 0 saturated heterocycles. The van der Waals surface area contributed by atoms with Crippen LogP contribution in [0.5, 0.6) is 5.75 Å². The number of alkyl halides is 2. The van der Waals surface area contributed by atoms with E-state index >= 15 is 0 Å². The Balaban J connectivity index is 3.12. The highest BCUT2D eigenvalue weighted by Crippen LogP contribution is 2.28. The van der Waals surface area contributed by atoms with Gasteiger partial charge in [0.25, 0.3) is 0 Å². The fourth-order valence-electron chi connectivity index (χ4n) is 1.10. The molecule has 0 spiro atoms. The van der Waals surface area contributed by atoms with E-state index in [-0.39, 0.29) is 16.3 Å². The molecule has 1 unspecified atom stereocenters. The van der Waals surface area contributed by atoms with Crippen molar-refractivity contribution in [3.8, 4) is 5.75 Å². The maximum absolute atomic E-state index is 12.0. The summed E-state index contributed by atoms with van der Waals surface area (Å²) in [6, 6.07) is 2.16. The third-order valence-corrected chi connectivity index (χ3v) is 2.02. The number of ether oxygens (including phenoxy) is 1. The Kier molecular flexibility index (Phi) is 4.03. The molecule has 88 valence electrons. The number of carbonyl (C=O) groups is 1. The first-order valence-corrected chi connectivity index (χ1v) is 4.52. The summed E-state index contributed by atoms with van der Waals surface area (Å²) >= 11 is 5.61. The molecule has 1 aromatic carbocycles. The van der Waals surface area contributed by atoms with Gasteiger partial charge in [0.15, 0.2) is 0 Å². The highest BCUT2D eigenvalue weighted by atomic mass is 35.5. The van der Waals surface area contributed by atoms with E-state index in [0.717, 1.165) is 6.07 Å². The molecule has 0 radical (unpaired) electrons. The topological polar surface area (TPSA) is 72.6 Å². The van der Waals surface area contributed by atoms with E-state index in [2.05, 4.69) is 4.74 Å². The standard InChI is InChI=1S/C9H8ClF2NO3/c10-4-1-2-6(16-9(11)12)5(3-4)7(13)8(14)15/h1-3,7,9H,13H2,(H,14,15). The molecule has 1 rings (SSSR count). The largest absolute Gasteiger partial charge is 0.480 e. The molecule has 16 heavy (non-hydrogen) atoms. The van der Waals surface area contributed by atoms with E-state index < -0.39 is 18.6 Å². The number of hydrogen-bond acceptors (Lipinski definition) is 3. The zero-order chi connectivity index (χ0) is 12.3. The molecule has 7 heteroatoms. The van der Waals surface area contributed by atoms with Gasteiger partial charge in [-0.3, -0.25) is 4.79 Å². The molecule has 0 heterocycles. The second-order valence-electron chi connectivity index (χ2n) is 2.88. The molecular formula is C9H8ClF2NO3. The van der Waals surface area contributed by atoms with Crippen LogP contribution in [0.1, 0.15) is 11.6 Å². The van der Waals surface area contributed by atoms with Gasteiger partial charge < -0.3 is 15.6 Å². The molecule has 1 aromatic rings. The highest BCUT2D eigenvalue weighted by Gasteiger charge is 2.21. The van der Waals surface area contributed by atoms with Gasteiger partial charge in [-0.15, -0.1) is 0 Å². The monoisotopic (exact) mass is 251 g/mol. The van der Waals surface area contributed by atoms with Crippen LogP contribution in [0.25, 0.3) is 0 Å². The van der Waals surface area contributed by atoms with Crippen molar-refractivity contribution in [1.82, 2.24) is 0 Å². The molecule has 0 saturated carbocycles. The maximum Gasteiger partial charge on any atom is 0.387 e. The Hall–Kier alpha value is -1.40. The summed E-state index contributed by atoms with van der Waals surface area (Å²) < 4.78 is 28.2. The van der Waals surface area contributed by atoms with Crippen LogP contribution in [0.15, 0.2) is 18.2 Å². The number of nitrogens with two attached hydrogens (primary N) is 1. The molecule has 3 N–H and O–H groups in total. The van der Waals surface area contributed by atoms with Crippen LogP contribution in [-0.4, -0.2) is 17.7 Å². The van der Waals surface area contributed by atoms with Crippen LogP contribution >= 0.6 is 11.6 Å². The smallest absolute Gasteiger partial charge is 0.387 e. The van der Waals surface area contributed by atoms with Gasteiger partial charge in [0.2, 0.25) is 0 Å². The first-order valence-electron chi connectivity index (χ1n) is 4.14. The fourth-order valence-corrected chi connectivity index (χ4v) is 1.28. The normalized spacial score (nSPS) is 12.6. The zero-order valence-electron chi connectivity index (χ0n) is 7.86. The number of rotatable bonds is 4. The number of aliphatic carboxylic acids is 1. The van der Waals surface area contributed by atoms with Crippen molar-refractivity contribution in [2.24, 2.45) is 5.73 Å². The van der Waals surface area contributed by atoms with Crippen molar-refractivity contribution in [3.05, 3.63) is 28.8 Å². The van der Waals surface area contributed by atoms with Gasteiger partial charge >= 0.3 is 12.6 Å². The number of carboxylic acids is 1. The summed E-state index contributed by atoms with van der Waals surface area (Å²) in [5, 5.41) is 8.86. The first kappa shape index (κ1) is 12.7. The molecule has 0 aliphatic rings. The summed E-state index contributed by atoms with van der Waals surface area (Å²) in [5.41, 5.74) is 5.20. The Labute approximate surface area is 94.6 Å². The third kappa shape index (κ3) is 3.04. The second-order valence-corrected chi connectivity index (χ2v) is 3.31. The lowest BCUT2D eigenvalue weighted by Crippen LogP contribution is -2.22. The summed E-state index contributed by atoms with van der Waals surface area (Å²) in [4.78, 5) is 10.6. The van der Waals surface area contributed by atoms with Crippen LogP contribution in [0.2, 0.25) is 5.02 Å². The van der Waals surface area contributed by atoms with Gasteiger partial charge in [-0.1, -0.05) is 11.6 Å². The Morgan fingerprint density at radius 2 is 2.12 bits per heavy atom. The number of hydrogen-bond donors (Lipinski definition) is 2. The van der Waals surface area contributed by atoms with Crippen LogP contribution in [0, 0.1) is 0 Å². The Bertz CT molecular complexity index is 400. The minimum Gasteiger partial charge on any atom is -0.480 e. The van der Waals surface area contributed by atoms with E-state index in [1.165, 1.54) is 12.1 Å². The predicted molar refractivity (Wildman–Crippen MR) is 52.6 cm³/mol.